The highest BCUT2D eigenvalue weighted by Crippen LogP contribution is 2.39. The molecule has 0 saturated carbocycles. The Balaban J connectivity index is 0.000000155. The minimum atomic E-state index is -1.19. The molecule has 1 radical (unpaired) electrons. The Morgan fingerprint density at radius 2 is 1.00 bits per heavy atom. The monoisotopic (exact) mass is 962 g/mol. The lowest BCUT2D eigenvalue weighted by Gasteiger charge is -2.24. The number of carbonyl (C=O) groups excluding carboxylic acids is 1. The van der Waals surface area contributed by atoms with Crippen LogP contribution in [-0.4, -0.2) is 47.0 Å². The van der Waals surface area contributed by atoms with E-state index in [1.54, 1.807) is 0 Å². The van der Waals surface area contributed by atoms with E-state index in [9.17, 15) is 35.9 Å². The summed E-state index contributed by atoms with van der Waals surface area (Å²) in [7, 11) is 0. The predicted octanol–water partition coefficient (Wildman–Crippen LogP) is 12.6. The highest BCUT2D eigenvalue weighted by atomic mass is 35.5. The van der Waals surface area contributed by atoms with Gasteiger partial charge in [0, 0.05) is 60.1 Å². The number of carbonyl (C=O) groups is 1. The maximum Gasteiger partial charge on any atom is 0.378 e. The summed E-state index contributed by atoms with van der Waals surface area (Å²) < 4.78 is 86.9. The number of aromatic amines is 2. The van der Waals surface area contributed by atoms with E-state index >= 15 is 0 Å². The molecule has 17 heteroatoms. The van der Waals surface area contributed by atoms with Crippen molar-refractivity contribution < 1.29 is 31.1 Å². The Morgan fingerprint density at radius 1 is 0.500 bits per heavy atom. The molecular formula is C53H36BClF6N7O2. The molecule has 9 nitrogen and oxygen atoms in total. The molecule has 70 heavy (non-hydrogen) atoms. The summed E-state index contributed by atoms with van der Waals surface area (Å²) in [6.07, 6.45) is 0.663. The molecule has 4 aromatic heterocycles. The number of nitrogens with zero attached hydrogens (tertiary/aromatic N) is 5. The first-order valence-corrected chi connectivity index (χ1v) is 22.5. The van der Waals surface area contributed by atoms with Crippen molar-refractivity contribution in [2.24, 2.45) is 0 Å². The average molecular weight is 963 g/mol. The second-order valence-electron chi connectivity index (χ2n) is 19.6. The molecular weight excluding hydrogens is 927 g/mol. The van der Waals surface area contributed by atoms with Gasteiger partial charge in [0.1, 0.15) is 22.6 Å². The topological polar surface area (TPSA) is 122 Å². The van der Waals surface area contributed by atoms with Crippen molar-refractivity contribution in [3.63, 3.8) is 0 Å². The molecule has 0 fully saturated rings. The van der Waals surface area contributed by atoms with E-state index in [1.807, 2.05) is 30.3 Å². The molecule has 0 saturated heterocycles. The van der Waals surface area contributed by atoms with Gasteiger partial charge in [0.25, 0.3) is 0 Å². The fourth-order valence-corrected chi connectivity index (χ4v) is 9.41. The van der Waals surface area contributed by atoms with Crippen molar-refractivity contribution in [3.8, 4) is 22.8 Å². The first kappa shape index (κ1) is 44.9. The third kappa shape index (κ3) is 7.17. The van der Waals surface area contributed by atoms with Crippen molar-refractivity contribution in [3.05, 3.63) is 163 Å². The van der Waals surface area contributed by atoms with Gasteiger partial charge >= 0.3 is 6.83 Å². The Morgan fingerprint density at radius 3 is 1.60 bits per heavy atom. The van der Waals surface area contributed by atoms with Gasteiger partial charge < -0.3 is 14.4 Å². The summed E-state index contributed by atoms with van der Waals surface area (Å²) in [5, 5.41) is 1.65. The normalized spacial score (nSPS) is 13.0. The fourth-order valence-electron chi connectivity index (χ4n) is 9.23. The zero-order chi connectivity index (χ0) is 49.5. The van der Waals surface area contributed by atoms with Crippen LogP contribution in [0.25, 0.3) is 88.7 Å². The smallest absolute Gasteiger partial charge is 0.354 e. The minimum absolute atomic E-state index is 0.0176. The van der Waals surface area contributed by atoms with E-state index in [0.717, 1.165) is 76.6 Å². The number of rotatable bonds is 1. The van der Waals surface area contributed by atoms with Crippen LogP contribution in [0.3, 0.4) is 0 Å². The zero-order valence-electron chi connectivity index (χ0n) is 38.1. The van der Waals surface area contributed by atoms with Crippen LogP contribution in [0, 0.1) is 34.9 Å². The SMILES string of the molecule is CC(C)(C)c1ccc2c(c1)C(=O)c1cc3[nH]c4ccc(C(C)(C)C)cc4c(=O)c3cc1C2.Fc1cc2c(cc1F)-c1nc-2nc2[nH]c(nc3c4cc(F)c(F)cc4c(n1)n3[B]Cl)c1cc(F)c(F)cc21. The van der Waals surface area contributed by atoms with Gasteiger partial charge in [-0.2, -0.15) is 11.5 Å². The molecule has 5 heterocycles. The lowest BCUT2D eigenvalue weighted by Crippen LogP contribution is -2.19. The van der Waals surface area contributed by atoms with E-state index < -0.39 is 34.9 Å². The molecule has 1 aliphatic carbocycles. The molecule has 0 atom stereocenters. The van der Waals surface area contributed by atoms with Crippen molar-refractivity contribution in [2.45, 2.75) is 58.8 Å². The summed E-state index contributed by atoms with van der Waals surface area (Å²) >= 11 is 6.10. The first-order chi connectivity index (χ1) is 33.2. The second kappa shape index (κ2) is 15.7. The van der Waals surface area contributed by atoms with Crippen LogP contribution < -0.4 is 5.43 Å². The van der Waals surface area contributed by atoms with Crippen molar-refractivity contribution in [2.75, 3.05) is 0 Å². The summed E-state index contributed by atoms with van der Waals surface area (Å²) in [5.41, 5.74) is 7.15. The van der Waals surface area contributed by atoms with Gasteiger partial charge in [0.05, 0.1) is 5.52 Å². The molecule has 6 bridgehead atoms. The maximum absolute atomic E-state index is 14.3. The predicted molar refractivity (Wildman–Crippen MR) is 261 cm³/mol. The number of halogens is 7. The number of ketones is 1. The largest absolute Gasteiger partial charge is 0.378 e. The van der Waals surface area contributed by atoms with Gasteiger partial charge in [-0.05, 0) is 106 Å². The Kier molecular flexibility index (Phi) is 10.1. The molecule has 0 amide bonds. The zero-order valence-corrected chi connectivity index (χ0v) is 38.8. The lowest BCUT2D eigenvalue weighted by molar-refractivity contribution is 0.103. The maximum atomic E-state index is 14.3. The van der Waals surface area contributed by atoms with Crippen LogP contribution in [0.5, 0.6) is 0 Å². The molecule has 10 aromatic rings. The third-order valence-electron chi connectivity index (χ3n) is 13.0. The van der Waals surface area contributed by atoms with E-state index in [1.165, 1.54) is 4.48 Å². The number of H-pyrrole nitrogens is 2. The van der Waals surface area contributed by atoms with Crippen LogP contribution >= 0.6 is 11.5 Å². The number of nitrogens with one attached hydrogen (secondary N) is 2. The average Bonchev–Trinajstić information content (AvgIpc) is 3.90. The fraction of sp³-hybridized carbons (Fsp3) is 0.170. The molecule has 2 N–H and O–H groups in total. The summed E-state index contributed by atoms with van der Waals surface area (Å²) in [6, 6.07) is 21.4. The summed E-state index contributed by atoms with van der Waals surface area (Å²) in [4.78, 5) is 50.7. The number of aromatic nitrogens is 7. The quantitative estimate of drug-likeness (QED) is 0.0960. The van der Waals surface area contributed by atoms with E-state index in [4.69, 9.17) is 11.5 Å². The van der Waals surface area contributed by atoms with Gasteiger partial charge in [0.2, 0.25) is 0 Å². The summed E-state index contributed by atoms with van der Waals surface area (Å²) in [5.74, 6) is -7.30. The number of fused-ring (bicyclic) bond motifs is 19. The molecule has 0 unspecified atom stereocenters. The van der Waals surface area contributed by atoms with Gasteiger partial charge in [-0.25, -0.2) is 46.3 Å². The van der Waals surface area contributed by atoms with Gasteiger partial charge in [-0.15, -0.1) is 0 Å². The van der Waals surface area contributed by atoms with Crippen LogP contribution in [0.1, 0.15) is 79.7 Å². The van der Waals surface area contributed by atoms with E-state index in [2.05, 4.69) is 89.6 Å². The van der Waals surface area contributed by atoms with Crippen molar-refractivity contribution >= 4 is 90.0 Å². The second-order valence-corrected chi connectivity index (χ2v) is 19.8. The van der Waals surface area contributed by atoms with Crippen LogP contribution in [-0.2, 0) is 17.3 Å². The van der Waals surface area contributed by atoms with Crippen molar-refractivity contribution in [1.29, 1.82) is 0 Å². The van der Waals surface area contributed by atoms with E-state index in [0.29, 0.717) is 28.3 Å². The third-order valence-corrected chi connectivity index (χ3v) is 13.2. The summed E-state index contributed by atoms with van der Waals surface area (Å²) in [6.45, 7) is 13.9. The van der Waals surface area contributed by atoms with Crippen LogP contribution in [0.2, 0.25) is 0 Å². The van der Waals surface area contributed by atoms with Gasteiger partial charge in [0.15, 0.2) is 57.8 Å². The van der Waals surface area contributed by atoms with Gasteiger partial charge in [-0.1, -0.05) is 59.7 Å². The van der Waals surface area contributed by atoms with Crippen molar-refractivity contribution in [1.82, 2.24) is 34.4 Å². The van der Waals surface area contributed by atoms with E-state index in [-0.39, 0.29) is 89.0 Å². The molecule has 6 aromatic carbocycles. The van der Waals surface area contributed by atoms with Gasteiger partial charge in [-0.3, -0.25) is 9.59 Å². The first-order valence-electron chi connectivity index (χ1n) is 22.1. The molecule has 2 aliphatic rings. The number of hydrogen-bond donors (Lipinski definition) is 2. The molecule has 0 spiro atoms. The lowest BCUT2D eigenvalue weighted by atomic mass is 9.79. The highest BCUT2D eigenvalue weighted by molar-refractivity contribution is 6.93. The number of pyridine rings is 1. The molecule has 347 valence electrons. The molecule has 12 rings (SSSR count). The molecule has 1 aliphatic heterocycles. The Labute approximate surface area is 399 Å². The van der Waals surface area contributed by atoms with Crippen LogP contribution in [0.4, 0.5) is 26.3 Å². The Hall–Kier alpha value is -7.59. The minimum Gasteiger partial charge on any atom is -0.354 e. The number of benzene rings is 6. The highest BCUT2D eigenvalue weighted by Gasteiger charge is 2.28. The van der Waals surface area contributed by atoms with Crippen LogP contribution in [0.15, 0.2) is 89.7 Å². The standard InChI is InChI=1S/C29H29NO2.C24H7BClF6N6/c1-28(2,3)18-8-7-16-11-17-12-22-25(15-21(17)26(31)20(16)13-18)30-24-10-9-19(29(4,5)6)14-23(24)27(22)32;26-25-38-23-11-5-17(31)18(32)6-12(11)24(38)37-22-10-4-16(30)14(28)2-8(10)20(35-22)33-19-7-1-13(27)15(29)3-9(7)21(34-19)36-23/h7-10,12-15H,11H2,1-6H3,(H,30,32);1-6H,(H,33,34,35,36,37). The Bertz CT molecular complexity index is 4140. The number of hydrogen-bond acceptors (Lipinski definition) is 6.